The van der Waals surface area contributed by atoms with Crippen LogP contribution in [0.4, 0.5) is 0 Å². The lowest BCUT2D eigenvalue weighted by Crippen LogP contribution is -2.26. The normalized spacial score (nSPS) is 13.2. The third-order valence-corrected chi connectivity index (χ3v) is 4.15. The van der Waals surface area contributed by atoms with Crippen molar-refractivity contribution in [1.29, 1.82) is 0 Å². The molecule has 20 heavy (non-hydrogen) atoms. The highest BCUT2D eigenvalue weighted by molar-refractivity contribution is 9.10. The van der Waals surface area contributed by atoms with Crippen LogP contribution in [0, 0.1) is 6.92 Å². The van der Waals surface area contributed by atoms with E-state index < -0.39 is 0 Å². The molecule has 1 atom stereocenters. The van der Waals surface area contributed by atoms with Crippen LogP contribution in [-0.4, -0.2) is 26.1 Å². The van der Waals surface area contributed by atoms with Gasteiger partial charge in [-0.05, 0) is 43.2 Å². The van der Waals surface area contributed by atoms with Crippen LogP contribution >= 0.6 is 15.9 Å². The van der Waals surface area contributed by atoms with Crippen LogP contribution in [-0.2, 0) is 7.05 Å². The van der Waals surface area contributed by atoms with Crippen molar-refractivity contribution in [1.82, 2.24) is 24.9 Å². The van der Waals surface area contributed by atoms with Crippen LogP contribution in [0.1, 0.15) is 49.8 Å². The second-order valence-electron chi connectivity index (χ2n) is 5.22. The van der Waals surface area contributed by atoms with E-state index in [0.717, 1.165) is 16.7 Å². The van der Waals surface area contributed by atoms with Crippen molar-refractivity contribution in [2.24, 2.45) is 7.05 Å². The number of aromatic nitrogens is 4. The summed E-state index contributed by atoms with van der Waals surface area (Å²) in [6.45, 7) is 9.37. The number of halogens is 1. The molecule has 0 aliphatic heterocycles. The minimum Gasteiger partial charge on any atom is -0.305 e. The molecular formula is C14H22BrN5. The molecule has 2 aromatic rings. The van der Waals surface area contributed by atoms with Gasteiger partial charge in [0, 0.05) is 24.3 Å². The Kier molecular flexibility index (Phi) is 4.65. The Bertz CT molecular complexity index is 584. The monoisotopic (exact) mass is 339 g/mol. The van der Waals surface area contributed by atoms with Crippen molar-refractivity contribution in [3.63, 3.8) is 0 Å². The molecule has 2 heterocycles. The van der Waals surface area contributed by atoms with Gasteiger partial charge < -0.3 is 5.32 Å². The molecule has 0 spiro atoms. The van der Waals surface area contributed by atoms with Gasteiger partial charge in [0.1, 0.15) is 0 Å². The fourth-order valence-electron chi connectivity index (χ4n) is 2.39. The van der Waals surface area contributed by atoms with E-state index in [-0.39, 0.29) is 6.04 Å². The van der Waals surface area contributed by atoms with Gasteiger partial charge in [0.05, 0.1) is 28.6 Å². The quantitative estimate of drug-likeness (QED) is 0.910. The summed E-state index contributed by atoms with van der Waals surface area (Å²) in [6.07, 6.45) is 3.80. The number of hydrogen-bond donors (Lipinski definition) is 1. The Morgan fingerprint density at radius 3 is 2.50 bits per heavy atom. The van der Waals surface area contributed by atoms with E-state index in [1.165, 1.54) is 11.3 Å². The number of aryl methyl sites for hydroxylation is 1. The van der Waals surface area contributed by atoms with Crippen LogP contribution in [0.3, 0.4) is 0 Å². The molecule has 0 saturated carbocycles. The maximum atomic E-state index is 4.48. The maximum absolute atomic E-state index is 4.48. The zero-order valence-corrected chi connectivity index (χ0v) is 14.3. The molecule has 5 nitrogen and oxygen atoms in total. The van der Waals surface area contributed by atoms with Crippen molar-refractivity contribution in [3.05, 3.63) is 33.8 Å². The van der Waals surface area contributed by atoms with E-state index in [4.69, 9.17) is 0 Å². The molecule has 1 N–H and O–H groups in total. The lowest BCUT2D eigenvalue weighted by Gasteiger charge is -2.22. The van der Waals surface area contributed by atoms with E-state index in [2.05, 4.69) is 63.8 Å². The second-order valence-corrected chi connectivity index (χ2v) is 6.07. The Balaban J connectivity index is 2.54. The molecule has 6 heteroatoms. The summed E-state index contributed by atoms with van der Waals surface area (Å²) in [7, 11) is 1.97. The SMILES string of the molecule is CCNC(c1cnn(C)c1C)c1c(Br)cnn1C(C)C. The van der Waals surface area contributed by atoms with Crippen LogP contribution in [0.5, 0.6) is 0 Å². The molecule has 0 radical (unpaired) electrons. The van der Waals surface area contributed by atoms with Gasteiger partial charge in [-0.1, -0.05) is 6.92 Å². The zero-order chi connectivity index (χ0) is 14.9. The highest BCUT2D eigenvalue weighted by Gasteiger charge is 2.25. The van der Waals surface area contributed by atoms with Gasteiger partial charge in [-0.25, -0.2) is 0 Å². The van der Waals surface area contributed by atoms with Crippen molar-refractivity contribution < 1.29 is 0 Å². The first-order valence-corrected chi connectivity index (χ1v) is 7.71. The number of nitrogens with zero attached hydrogens (tertiary/aromatic N) is 4. The van der Waals surface area contributed by atoms with Crippen LogP contribution in [0.2, 0.25) is 0 Å². The first-order chi connectivity index (χ1) is 9.47. The predicted molar refractivity (Wildman–Crippen MR) is 83.8 cm³/mol. The molecule has 0 saturated heterocycles. The molecule has 1 unspecified atom stereocenters. The molecule has 0 bridgehead atoms. The first kappa shape index (κ1) is 15.3. The summed E-state index contributed by atoms with van der Waals surface area (Å²) in [6, 6.07) is 0.405. The average Bonchev–Trinajstić information content (AvgIpc) is 2.92. The third-order valence-electron chi connectivity index (χ3n) is 3.54. The first-order valence-electron chi connectivity index (χ1n) is 6.92. The molecule has 0 aromatic carbocycles. The van der Waals surface area contributed by atoms with Gasteiger partial charge in [0.2, 0.25) is 0 Å². The van der Waals surface area contributed by atoms with Gasteiger partial charge in [0.25, 0.3) is 0 Å². The van der Waals surface area contributed by atoms with Gasteiger partial charge in [-0.3, -0.25) is 9.36 Å². The lowest BCUT2D eigenvalue weighted by atomic mass is 10.0. The van der Waals surface area contributed by atoms with E-state index in [1.54, 1.807) is 0 Å². The van der Waals surface area contributed by atoms with E-state index in [0.29, 0.717) is 6.04 Å². The second kappa shape index (κ2) is 6.10. The Hall–Kier alpha value is -1.14. The summed E-state index contributed by atoms with van der Waals surface area (Å²) in [5, 5.41) is 12.4. The molecule has 0 aliphatic rings. The number of nitrogens with one attached hydrogen (secondary N) is 1. The van der Waals surface area contributed by atoms with E-state index in [9.17, 15) is 0 Å². The summed E-state index contributed by atoms with van der Waals surface area (Å²) in [5.41, 5.74) is 3.51. The highest BCUT2D eigenvalue weighted by atomic mass is 79.9. The average molecular weight is 340 g/mol. The van der Waals surface area contributed by atoms with Crippen LogP contribution in [0.15, 0.2) is 16.9 Å². The zero-order valence-electron chi connectivity index (χ0n) is 12.7. The molecule has 0 fully saturated rings. The van der Waals surface area contributed by atoms with Gasteiger partial charge in [-0.2, -0.15) is 10.2 Å². The molecular weight excluding hydrogens is 318 g/mol. The summed E-state index contributed by atoms with van der Waals surface area (Å²) in [5.74, 6) is 0. The summed E-state index contributed by atoms with van der Waals surface area (Å²) in [4.78, 5) is 0. The molecule has 0 amide bonds. The molecule has 110 valence electrons. The van der Waals surface area contributed by atoms with E-state index in [1.807, 2.05) is 24.1 Å². The third kappa shape index (κ3) is 2.67. The largest absolute Gasteiger partial charge is 0.305 e. The molecule has 2 aromatic heterocycles. The number of hydrogen-bond acceptors (Lipinski definition) is 3. The molecule has 0 aliphatic carbocycles. The minimum absolute atomic E-state index is 0.0907. The smallest absolute Gasteiger partial charge is 0.0793 e. The Labute approximate surface area is 128 Å². The Morgan fingerprint density at radius 1 is 1.30 bits per heavy atom. The molecule has 2 rings (SSSR count). The fourth-order valence-corrected chi connectivity index (χ4v) is 2.89. The fraction of sp³-hybridized carbons (Fsp3) is 0.571. The van der Waals surface area contributed by atoms with Crippen molar-refractivity contribution in [2.75, 3.05) is 6.54 Å². The summed E-state index contributed by atoms with van der Waals surface area (Å²) >= 11 is 3.63. The van der Waals surface area contributed by atoms with Crippen molar-refractivity contribution in [2.45, 2.75) is 39.8 Å². The predicted octanol–water partition coefficient (Wildman–Crippen LogP) is 2.97. The highest BCUT2D eigenvalue weighted by Crippen LogP contribution is 2.31. The van der Waals surface area contributed by atoms with Gasteiger partial charge in [-0.15, -0.1) is 0 Å². The van der Waals surface area contributed by atoms with Crippen molar-refractivity contribution >= 4 is 15.9 Å². The maximum Gasteiger partial charge on any atom is 0.0793 e. The van der Waals surface area contributed by atoms with Crippen molar-refractivity contribution in [3.8, 4) is 0 Å². The minimum atomic E-state index is 0.0907. The van der Waals surface area contributed by atoms with Crippen LogP contribution in [0.25, 0.3) is 0 Å². The lowest BCUT2D eigenvalue weighted by molar-refractivity contribution is 0.474. The number of rotatable bonds is 5. The van der Waals surface area contributed by atoms with Gasteiger partial charge >= 0.3 is 0 Å². The summed E-state index contributed by atoms with van der Waals surface area (Å²) < 4.78 is 4.99. The topological polar surface area (TPSA) is 47.7 Å². The van der Waals surface area contributed by atoms with Crippen LogP contribution < -0.4 is 5.32 Å². The standard InChI is InChI=1S/C14H22BrN5/c1-6-16-13(11-7-17-19(5)10(11)4)14-12(15)8-18-20(14)9(2)3/h7-9,13,16H,6H2,1-5H3. The Morgan fingerprint density at radius 2 is 2.00 bits per heavy atom. The van der Waals surface area contributed by atoms with Gasteiger partial charge in [0.15, 0.2) is 0 Å². The van der Waals surface area contributed by atoms with E-state index >= 15 is 0 Å².